The van der Waals surface area contributed by atoms with E-state index < -0.39 is 32.4 Å². The van der Waals surface area contributed by atoms with Crippen LogP contribution in [0.1, 0.15) is 11.9 Å². The van der Waals surface area contributed by atoms with Crippen LogP contribution in [0.25, 0.3) is 0 Å². The van der Waals surface area contributed by atoms with Gasteiger partial charge in [-0.2, -0.15) is 16.8 Å². The first-order valence-electron chi connectivity index (χ1n) is 7.61. The van der Waals surface area contributed by atoms with Crippen molar-refractivity contribution in [2.45, 2.75) is 6.29 Å². The van der Waals surface area contributed by atoms with Gasteiger partial charge in [-0.25, -0.2) is 0 Å². The van der Waals surface area contributed by atoms with Crippen LogP contribution in [0.5, 0.6) is 0 Å². The fraction of sp³-hybridized carbons (Fsp3) is 0.600. The van der Waals surface area contributed by atoms with Crippen LogP contribution in [0.2, 0.25) is 0 Å². The van der Waals surface area contributed by atoms with Crippen molar-refractivity contribution in [3.63, 3.8) is 0 Å². The summed E-state index contributed by atoms with van der Waals surface area (Å²) in [6, 6.07) is 9.38. The van der Waals surface area contributed by atoms with E-state index in [0.717, 1.165) is 18.1 Å². The van der Waals surface area contributed by atoms with Crippen LogP contribution in [0.4, 0.5) is 0 Å². The third-order valence-corrected chi connectivity index (χ3v) is 4.78. The Labute approximate surface area is 148 Å². The molecule has 1 fully saturated rings. The zero-order chi connectivity index (χ0) is 18.5. The fourth-order valence-electron chi connectivity index (χ4n) is 2.34. The summed E-state index contributed by atoms with van der Waals surface area (Å²) < 4.78 is 65.8. The molecule has 0 amide bonds. The van der Waals surface area contributed by atoms with Gasteiger partial charge >= 0.3 is 0 Å². The second-order valence-corrected chi connectivity index (χ2v) is 9.19. The van der Waals surface area contributed by atoms with E-state index in [0.29, 0.717) is 0 Å². The van der Waals surface area contributed by atoms with E-state index in [1.807, 2.05) is 30.3 Å². The molecule has 0 spiro atoms. The maximum Gasteiger partial charge on any atom is 0.264 e. The van der Waals surface area contributed by atoms with E-state index in [-0.39, 0.29) is 32.3 Å². The molecule has 8 nitrogen and oxygen atoms in total. The van der Waals surface area contributed by atoms with Gasteiger partial charge in [0, 0.05) is 17.4 Å². The highest BCUT2D eigenvalue weighted by Crippen LogP contribution is 2.28. The van der Waals surface area contributed by atoms with Crippen LogP contribution in [-0.2, 0) is 38.1 Å². The Balaban J connectivity index is 1.97. The number of rotatable bonds is 8. The topological polar surface area (TPSA) is 105 Å². The first-order chi connectivity index (χ1) is 11.6. The second-order valence-electron chi connectivity index (χ2n) is 5.91. The lowest BCUT2D eigenvalue weighted by molar-refractivity contribution is -0.215. The molecule has 1 aliphatic heterocycles. The lowest BCUT2D eigenvalue weighted by atomic mass is 9.94. The van der Waals surface area contributed by atoms with Gasteiger partial charge in [0.2, 0.25) is 0 Å². The predicted octanol–water partition coefficient (Wildman–Crippen LogP) is 0.917. The van der Waals surface area contributed by atoms with Gasteiger partial charge in [0.1, 0.15) is 0 Å². The molecular formula is C15H22O8S2. The quantitative estimate of drug-likeness (QED) is 0.599. The number of benzene rings is 1. The van der Waals surface area contributed by atoms with Gasteiger partial charge in [-0.1, -0.05) is 30.3 Å². The van der Waals surface area contributed by atoms with Gasteiger partial charge in [0.25, 0.3) is 20.2 Å². The van der Waals surface area contributed by atoms with Gasteiger partial charge < -0.3 is 9.47 Å². The molecule has 0 unspecified atom stereocenters. The van der Waals surface area contributed by atoms with Gasteiger partial charge in [-0.3, -0.25) is 8.37 Å². The Bertz CT molecular complexity index is 701. The normalized spacial score (nSPS) is 22.2. The second kappa shape index (κ2) is 8.56. The molecule has 0 aromatic heterocycles. The Hall–Kier alpha value is -1.04. The van der Waals surface area contributed by atoms with Crippen molar-refractivity contribution in [3.05, 3.63) is 35.9 Å². The van der Waals surface area contributed by atoms with Gasteiger partial charge in [0.15, 0.2) is 6.29 Å². The molecule has 0 N–H and O–H groups in total. The van der Waals surface area contributed by atoms with E-state index in [4.69, 9.17) is 17.8 Å². The summed E-state index contributed by atoms with van der Waals surface area (Å²) in [5.41, 5.74) is 0.872. The maximum atomic E-state index is 11.2. The number of hydrogen-bond donors (Lipinski definition) is 0. The van der Waals surface area contributed by atoms with Gasteiger partial charge in [-0.15, -0.1) is 0 Å². The summed E-state index contributed by atoms with van der Waals surface area (Å²) in [6.07, 6.45) is 1.35. The number of hydrogen-bond acceptors (Lipinski definition) is 8. The average Bonchev–Trinajstić information content (AvgIpc) is 2.54. The van der Waals surface area contributed by atoms with Crippen molar-refractivity contribution in [1.29, 1.82) is 0 Å². The minimum atomic E-state index is -3.65. The van der Waals surface area contributed by atoms with Gasteiger partial charge in [-0.05, 0) is 0 Å². The van der Waals surface area contributed by atoms with Crippen LogP contribution in [-0.4, -0.2) is 55.8 Å². The van der Waals surface area contributed by atoms with Crippen LogP contribution in [0, 0.1) is 11.8 Å². The van der Waals surface area contributed by atoms with Crippen molar-refractivity contribution < 1.29 is 34.7 Å². The maximum absolute atomic E-state index is 11.2. The molecule has 1 aliphatic rings. The highest BCUT2D eigenvalue weighted by Gasteiger charge is 2.31. The molecular weight excluding hydrogens is 372 g/mol. The summed E-state index contributed by atoms with van der Waals surface area (Å²) in [7, 11) is -7.30. The Morgan fingerprint density at radius 2 is 1.44 bits per heavy atom. The summed E-state index contributed by atoms with van der Waals surface area (Å²) in [6.45, 7) is 0.123. The van der Waals surface area contributed by atoms with Crippen molar-refractivity contribution in [1.82, 2.24) is 0 Å². The molecule has 0 saturated carbocycles. The number of ether oxygens (including phenoxy) is 2. The highest BCUT2D eigenvalue weighted by molar-refractivity contribution is 7.86. The summed E-state index contributed by atoms with van der Waals surface area (Å²) in [4.78, 5) is 0. The molecule has 0 atom stereocenters. The molecule has 1 aromatic carbocycles. The average molecular weight is 394 g/mol. The molecule has 25 heavy (non-hydrogen) atoms. The van der Waals surface area contributed by atoms with Crippen LogP contribution >= 0.6 is 0 Å². The van der Waals surface area contributed by atoms with Crippen molar-refractivity contribution in [2.75, 3.05) is 38.9 Å². The summed E-state index contributed by atoms with van der Waals surface area (Å²) in [5.74, 6) is -0.773. The Kier molecular flexibility index (Phi) is 6.94. The van der Waals surface area contributed by atoms with Crippen molar-refractivity contribution in [2.24, 2.45) is 11.8 Å². The molecule has 1 heterocycles. The standard InChI is InChI=1S/C15H22O8S2/c1-24(16,17)22-10-14(11-23-25(2,18)19)13-8-20-15(21-9-13)12-6-4-3-5-7-12/h3-7,13-15H,8-11H2,1-2H3. The fourth-order valence-corrected chi connectivity index (χ4v) is 3.18. The van der Waals surface area contributed by atoms with E-state index in [1.54, 1.807) is 0 Å². The minimum Gasteiger partial charge on any atom is -0.348 e. The lowest BCUT2D eigenvalue weighted by Crippen LogP contribution is -2.37. The molecule has 0 aliphatic carbocycles. The molecule has 0 bridgehead atoms. The van der Waals surface area contributed by atoms with Crippen LogP contribution in [0.15, 0.2) is 30.3 Å². The monoisotopic (exact) mass is 394 g/mol. The van der Waals surface area contributed by atoms with E-state index in [2.05, 4.69) is 0 Å². The van der Waals surface area contributed by atoms with Crippen LogP contribution < -0.4 is 0 Å². The molecule has 2 rings (SSSR count). The Morgan fingerprint density at radius 1 is 0.960 bits per heavy atom. The smallest absolute Gasteiger partial charge is 0.264 e. The van der Waals surface area contributed by atoms with Crippen LogP contribution in [0.3, 0.4) is 0 Å². The zero-order valence-corrected chi connectivity index (χ0v) is 15.7. The SMILES string of the molecule is CS(=O)(=O)OCC(COS(C)(=O)=O)C1COC(c2ccccc2)OC1. The van der Waals surface area contributed by atoms with E-state index in [1.165, 1.54) is 0 Å². The van der Waals surface area contributed by atoms with Gasteiger partial charge in [0.05, 0.1) is 38.9 Å². The van der Waals surface area contributed by atoms with E-state index in [9.17, 15) is 16.8 Å². The van der Waals surface area contributed by atoms with Crippen molar-refractivity contribution >= 4 is 20.2 Å². The van der Waals surface area contributed by atoms with Crippen molar-refractivity contribution in [3.8, 4) is 0 Å². The van der Waals surface area contributed by atoms with E-state index >= 15 is 0 Å². The molecule has 1 aromatic rings. The third kappa shape index (κ3) is 7.38. The summed E-state index contributed by atoms with van der Waals surface area (Å²) in [5, 5.41) is 0. The largest absolute Gasteiger partial charge is 0.348 e. The zero-order valence-electron chi connectivity index (χ0n) is 14.0. The molecule has 0 radical (unpaired) electrons. The lowest BCUT2D eigenvalue weighted by Gasteiger charge is -2.33. The molecule has 142 valence electrons. The minimum absolute atomic E-state index is 0.207. The molecule has 10 heteroatoms. The first kappa shape index (κ1) is 20.3. The predicted molar refractivity (Wildman–Crippen MR) is 89.7 cm³/mol. The highest BCUT2D eigenvalue weighted by atomic mass is 32.2. The Morgan fingerprint density at radius 3 is 1.88 bits per heavy atom. The summed E-state index contributed by atoms with van der Waals surface area (Å²) >= 11 is 0. The third-order valence-electron chi connectivity index (χ3n) is 3.65. The molecule has 1 saturated heterocycles. The first-order valence-corrected chi connectivity index (χ1v) is 11.2.